The zero-order valence-electron chi connectivity index (χ0n) is 20.9. The van der Waals surface area contributed by atoms with E-state index in [0.717, 1.165) is 62.0 Å². The standard InChI is InChI=1S/C28H35FN4O3/c1-36-22-7-9-26-24(18-22)23(11-15-30-26)25(29)8-5-20-12-17-33(19-21(20)6-10-28(34)35)16-2-4-27-31-13-3-14-32-27/h3,7,9,11,13-15,18,20-21,25H,2,4-6,8,10,12,16-17,19H2,1H3,(H,34,35)/t20-,21+,25?/m1/s1. The highest BCUT2D eigenvalue weighted by molar-refractivity contribution is 5.83. The minimum atomic E-state index is -1.10. The summed E-state index contributed by atoms with van der Waals surface area (Å²) in [4.78, 5) is 26.6. The molecule has 1 N–H and O–H groups in total. The van der Waals surface area contributed by atoms with Crippen LogP contribution in [0.3, 0.4) is 0 Å². The van der Waals surface area contributed by atoms with Crippen LogP contribution in [0.2, 0.25) is 0 Å². The predicted molar refractivity (Wildman–Crippen MR) is 137 cm³/mol. The molecule has 0 amide bonds. The van der Waals surface area contributed by atoms with Gasteiger partial charge in [-0.2, -0.15) is 0 Å². The van der Waals surface area contributed by atoms with Gasteiger partial charge in [0.1, 0.15) is 17.7 Å². The van der Waals surface area contributed by atoms with Crippen LogP contribution in [0, 0.1) is 11.8 Å². The summed E-state index contributed by atoms with van der Waals surface area (Å²) in [6.07, 6.45) is 8.77. The van der Waals surface area contributed by atoms with Gasteiger partial charge in [0.05, 0.1) is 12.6 Å². The zero-order valence-corrected chi connectivity index (χ0v) is 20.9. The number of aliphatic carboxylic acids is 1. The van der Waals surface area contributed by atoms with Crippen LogP contribution in [0.25, 0.3) is 10.9 Å². The first-order chi connectivity index (χ1) is 17.5. The van der Waals surface area contributed by atoms with Gasteiger partial charge >= 0.3 is 5.97 Å². The first kappa shape index (κ1) is 25.9. The molecule has 1 saturated heterocycles. The molecule has 1 aromatic carbocycles. The first-order valence-electron chi connectivity index (χ1n) is 12.8. The Balaban J connectivity index is 1.35. The molecule has 36 heavy (non-hydrogen) atoms. The first-order valence-corrected chi connectivity index (χ1v) is 12.8. The Morgan fingerprint density at radius 2 is 2.00 bits per heavy atom. The molecule has 0 saturated carbocycles. The maximum Gasteiger partial charge on any atom is 0.303 e. The number of carboxylic acids is 1. The molecule has 1 aliphatic heterocycles. The Kier molecular flexibility index (Phi) is 9.17. The number of halogens is 1. The number of nitrogens with zero attached hydrogens (tertiary/aromatic N) is 4. The van der Waals surface area contributed by atoms with Gasteiger partial charge in [-0.25, -0.2) is 14.4 Å². The number of ether oxygens (including phenoxy) is 1. The number of carboxylic acid groups (broad SMARTS) is 1. The van der Waals surface area contributed by atoms with Crippen molar-refractivity contribution in [1.82, 2.24) is 19.9 Å². The molecule has 0 bridgehead atoms. The van der Waals surface area contributed by atoms with Gasteiger partial charge in [0.15, 0.2) is 0 Å². The lowest BCUT2D eigenvalue weighted by atomic mass is 9.79. The number of likely N-dealkylation sites (tertiary alicyclic amines) is 1. The summed E-state index contributed by atoms with van der Waals surface area (Å²) in [7, 11) is 1.60. The van der Waals surface area contributed by atoms with E-state index in [1.165, 1.54) is 0 Å². The third-order valence-corrected chi connectivity index (χ3v) is 7.31. The van der Waals surface area contributed by atoms with Crippen molar-refractivity contribution >= 4 is 16.9 Å². The van der Waals surface area contributed by atoms with Gasteiger partial charge < -0.3 is 14.7 Å². The highest BCUT2D eigenvalue weighted by atomic mass is 19.1. The second-order valence-corrected chi connectivity index (χ2v) is 9.64. The Bertz CT molecular complexity index is 1130. The summed E-state index contributed by atoms with van der Waals surface area (Å²) < 4.78 is 20.8. The topological polar surface area (TPSA) is 88.4 Å². The SMILES string of the molecule is COc1ccc2nccc(C(F)CC[C@@H]3CCN(CCCc4ncccn4)C[C@@H]3CCC(=O)O)c2c1. The molecule has 4 rings (SSSR count). The van der Waals surface area contributed by atoms with E-state index in [1.807, 2.05) is 24.3 Å². The summed E-state index contributed by atoms with van der Waals surface area (Å²) >= 11 is 0. The molecule has 3 atom stereocenters. The number of alkyl halides is 1. The number of fused-ring (bicyclic) bond motifs is 1. The second-order valence-electron chi connectivity index (χ2n) is 9.64. The van der Waals surface area contributed by atoms with Crippen molar-refractivity contribution in [3.8, 4) is 5.75 Å². The Morgan fingerprint density at radius 3 is 2.78 bits per heavy atom. The molecular weight excluding hydrogens is 459 g/mol. The molecular formula is C28H35FN4O3. The van der Waals surface area contributed by atoms with E-state index in [4.69, 9.17) is 4.74 Å². The molecule has 3 heterocycles. The lowest BCUT2D eigenvalue weighted by Gasteiger charge is -2.39. The smallest absolute Gasteiger partial charge is 0.303 e. The van der Waals surface area contributed by atoms with Gasteiger partial charge in [-0.3, -0.25) is 9.78 Å². The Labute approximate surface area is 211 Å². The van der Waals surface area contributed by atoms with Crippen molar-refractivity contribution in [2.75, 3.05) is 26.7 Å². The number of rotatable bonds is 12. The van der Waals surface area contributed by atoms with Crippen LogP contribution >= 0.6 is 0 Å². The third kappa shape index (κ3) is 6.97. The number of benzene rings is 1. The molecule has 3 aromatic rings. The number of carbonyl (C=O) groups is 1. The highest BCUT2D eigenvalue weighted by Gasteiger charge is 2.30. The van der Waals surface area contributed by atoms with E-state index in [0.29, 0.717) is 30.1 Å². The quantitative estimate of drug-likeness (QED) is 0.367. The number of methoxy groups -OCH3 is 1. The Hall–Kier alpha value is -3.13. The largest absolute Gasteiger partial charge is 0.497 e. The van der Waals surface area contributed by atoms with E-state index in [-0.39, 0.29) is 12.3 Å². The van der Waals surface area contributed by atoms with Crippen molar-refractivity contribution in [3.05, 3.63) is 60.3 Å². The second kappa shape index (κ2) is 12.7. The van der Waals surface area contributed by atoms with Crippen molar-refractivity contribution in [3.63, 3.8) is 0 Å². The Morgan fingerprint density at radius 1 is 1.17 bits per heavy atom. The molecule has 1 unspecified atom stereocenters. The van der Waals surface area contributed by atoms with Crippen LogP contribution in [0.5, 0.6) is 5.75 Å². The molecule has 192 valence electrons. The van der Waals surface area contributed by atoms with Crippen LogP contribution in [0.15, 0.2) is 48.9 Å². The normalized spacial score (nSPS) is 19.3. The maximum absolute atomic E-state index is 15.5. The van der Waals surface area contributed by atoms with Crippen molar-refractivity contribution < 1.29 is 19.0 Å². The average molecular weight is 495 g/mol. The highest BCUT2D eigenvalue weighted by Crippen LogP contribution is 2.36. The van der Waals surface area contributed by atoms with Gasteiger partial charge in [-0.05, 0) is 92.9 Å². The number of piperidine rings is 1. The molecule has 1 aliphatic rings. The maximum atomic E-state index is 15.5. The minimum absolute atomic E-state index is 0.153. The van der Waals surface area contributed by atoms with Gasteiger partial charge in [-0.15, -0.1) is 0 Å². The summed E-state index contributed by atoms with van der Waals surface area (Å²) in [5, 5.41) is 10.1. The van der Waals surface area contributed by atoms with Crippen LogP contribution in [-0.4, -0.2) is 57.7 Å². The number of aryl methyl sites for hydroxylation is 1. The number of pyridine rings is 1. The van der Waals surface area contributed by atoms with Crippen LogP contribution in [-0.2, 0) is 11.2 Å². The third-order valence-electron chi connectivity index (χ3n) is 7.31. The van der Waals surface area contributed by atoms with E-state index in [9.17, 15) is 9.90 Å². The monoisotopic (exact) mass is 494 g/mol. The lowest BCUT2D eigenvalue weighted by molar-refractivity contribution is -0.137. The van der Waals surface area contributed by atoms with Gasteiger partial charge in [0.2, 0.25) is 0 Å². The van der Waals surface area contributed by atoms with Crippen LogP contribution in [0.1, 0.15) is 56.1 Å². The zero-order chi connectivity index (χ0) is 25.3. The summed E-state index contributed by atoms with van der Waals surface area (Å²) in [6, 6.07) is 9.11. The van der Waals surface area contributed by atoms with Crippen LogP contribution < -0.4 is 4.74 Å². The van der Waals surface area contributed by atoms with Crippen LogP contribution in [0.4, 0.5) is 4.39 Å². The fourth-order valence-electron chi connectivity index (χ4n) is 5.36. The molecule has 8 heteroatoms. The summed E-state index contributed by atoms with van der Waals surface area (Å²) in [5.41, 5.74) is 1.39. The van der Waals surface area contributed by atoms with Gasteiger partial charge in [-0.1, -0.05) is 0 Å². The molecule has 0 radical (unpaired) electrons. The molecule has 2 aromatic heterocycles. The van der Waals surface area contributed by atoms with E-state index >= 15 is 4.39 Å². The van der Waals surface area contributed by atoms with E-state index in [1.54, 1.807) is 31.8 Å². The van der Waals surface area contributed by atoms with Gasteiger partial charge in [0, 0.05) is 43.4 Å². The minimum Gasteiger partial charge on any atom is -0.497 e. The molecule has 0 spiro atoms. The summed E-state index contributed by atoms with van der Waals surface area (Å²) in [5.74, 6) is 1.34. The van der Waals surface area contributed by atoms with Crippen molar-refractivity contribution in [1.29, 1.82) is 0 Å². The number of hydrogen-bond donors (Lipinski definition) is 1. The summed E-state index contributed by atoms with van der Waals surface area (Å²) in [6.45, 7) is 2.75. The predicted octanol–water partition coefficient (Wildman–Crippen LogP) is 5.26. The fraction of sp³-hybridized carbons (Fsp3) is 0.500. The molecule has 0 aliphatic carbocycles. The van der Waals surface area contributed by atoms with E-state index in [2.05, 4.69) is 19.9 Å². The van der Waals surface area contributed by atoms with Crippen molar-refractivity contribution in [2.45, 2.75) is 51.1 Å². The fourth-order valence-corrected chi connectivity index (χ4v) is 5.36. The van der Waals surface area contributed by atoms with Gasteiger partial charge in [0.25, 0.3) is 0 Å². The average Bonchev–Trinajstić information content (AvgIpc) is 2.91. The number of aromatic nitrogens is 3. The van der Waals surface area contributed by atoms with Crippen molar-refractivity contribution in [2.24, 2.45) is 11.8 Å². The number of hydrogen-bond acceptors (Lipinski definition) is 6. The molecule has 1 fully saturated rings. The molecule has 7 nitrogen and oxygen atoms in total. The van der Waals surface area contributed by atoms with E-state index < -0.39 is 12.1 Å². The lowest BCUT2D eigenvalue weighted by Crippen LogP contribution is -2.41.